The van der Waals surface area contributed by atoms with E-state index in [1.165, 1.54) is 12.7 Å². The molecule has 0 radical (unpaired) electrons. The van der Waals surface area contributed by atoms with Crippen LogP contribution in [-0.4, -0.2) is 41.5 Å². The number of oxazole rings is 1. The van der Waals surface area contributed by atoms with Crippen LogP contribution in [0, 0.1) is 0 Å². The molecular weight excluding hydrogens is 218 g/mol. The number of aromatic nitrogens is 1. The average Bonchev–Trinajstić information content (AvgIpc) is 2.69. The Morgan fingerprint density at radius 3 is 3.13 bits per heavy atom. The van der Waals surface area contributed by atoms with E-state index in [9.17, 15) is 4.79 Å². The SMILES string of the molecule is C[C@@H]1CN(C(=O)c2cocn2)CCN1.Cl. The molecule has 0 aromatic carbocycles. The van der Waals surface area contributed by atoms with Crippen molar-refractivity contribution in [3.63, 3.8) is 0 Å². The first kappa shape index (κ1) is 12.0. The molecule has 1 aliphatic heterocycles. The van der Waals surface area contributed by atoms with E-state index in [0.29, 0.717) is 11.7 Å². The largest absolute Gasteiger partial charge is 0.451 e. The molecule has 1 atom stereocenters. The zero-order chi connectivity index (χ0) is 9.97. The van der Waals surface area contributed by atoms with Gasteiger partial charge in [0.25, 0.3) is 5.91 Å². The number of hydrogen-bond acceptors (Lipinski definition) is 4. The van der Waals surface area contributed by atoms with Gasteiger partial charge in [-0.2, -0.15) is 0 Å². The van der Waals surface area contributed by atoms with Crippen LogP contribution in [0.4, 0.5) is 0 Å². The van der Waals surface area contributed by atoms with Crippen LogP contribution < -0.4 is 5.32 Å². The Labute approximate surface area is 94.3 Å². The summed E-state index contributed by atoms with van der Waals surface area (Å²) < 4.78 is 4.78. The highest BCUT2D eigenvalue weighted by molar-refractivity contribution is 5.92. The normalized spacial score (nSPS) is 20.9. The number of amides is 1. The van der Waals surface area contributed by atoms with Gasteiger partial charge < -0.3 is 14.6 Å². The Bertz CT molecular complexity index is 315. The van der Waals surface area contributed by atoms with Crippen molar-refractivity contribution in [2.75, 3.05) is 19.6 Å². The zero-order valence-corrected chi connectivity index (χ0v) is 9.29. The van der Waals surface area contributed by atoms with Crippen molar-refractivity contribution in [3.8, 4) is 0 Å². The number of hydrogen-bond donors (Lipinski definition) is 1. The molecular formula is C9H14ClN3O2. The molecule has 15 heavy (non-hydrogen) atoms. The quantitative estimate of drug-likeness (QED) is 0.766. The molecule has 84 valence electrons. The van der Waals surface area contributed by atoms with E-state index in [-0.39, 0.29) is 18.3 Å². The number of carbonyl (C=O) groups is 1. The topological polar surface area (TPSA) is 58.4 Å². The van der Waals surface area contributed by atoms with Gasteiger partial charge in [0.05, 0.1) is 0 Å². The summed E-state index contributed by atoms with van der Waals surface area (Å²) in [6.45, 7) is 4.36. The van der Waals surface area contributed by atoms with E-state index >= 15 is 0 Å². The molecule has 1 fully saturated rings. The molecule has 1 aromatic heterocycles. The minimum atomic E-state index is -0.0490. The van der Waals surface area contributed by atoms with E-state index in [1.54, 1.807) is 4.90 Å². The summed E-state index contributed by atoms with van der Waals surface area (Å²) in [5, 5.41) is 3.27. The highest BCUT2D eigenvalue weighted by Crippen LogP contribution is 2.05. The van der Waals surface area contributed by atoms with Crippen molar-refractivity contribution in [2.45, 2.75) is 13.0 Å². The van der Waals surface area contributed by atoms with Gasteiger partial charge in [-0.25, -0.2) is 4.98 Å². The summed E-state index contributed by atoms with van der Waals surface area (Å²) in [5.41, 5.74) is 0.388. The fraction of sp³-hybridized carbons (Fsp3) is 0.556. The van der Waals surface area contributed by atoms with Crippen LogP contribution in [0.2, 0.25) is 0 Å². The Morgan fingerprint density at radius 2 is 2.53 bits per heavy atom. The van der Waals surface area contributed by atoms with Crippen LogP contribution >= 0.6 is 12.4 Å². The van der Waals surface area contributed by atoms with Crippen LogP contribution in [-0.2, 0) is 0 Å². The number of halogens is 1. The summed E-state index contributed by atoms with van der Waals surface area (Å²) in [4.78, 5) is 17.4. The van der Waals surface area contributed by atoms with Crippen molar-refractivity contribution >= 4 is 18.3 Å². The van der Waals surface area contributed by atoms with Gasteiger partial charge in [0.2, 0.25) is 0 Å². The van der Waals surface area contributed by atoms with Crippen molar-refractivity contribution in [3.05, 3.63) is 18.4 Å². The molecule has 0 saturated carbocycles. The maximum absolute atomic E-state index is 11.8. The molecule has 5 nitrogen and oxygen atoms in total. The molecule has 0 unspecified atom stereocenters. The first-order valence-electron chi connectivity index (χ1n) is 4.68. The highest BCUT2D eigenvalue weighted by Gasteiger charge is 2.22. The molecule has 1 saturated heterocycles. The van der Waals surface area contributed by atoms with Crippen LogP contribution in [0.3, 0.4) is 0 Å². The number of piperazine rings is 1. The van der Waals surface area contributed by atoms with E-state index in [1.807, 2.05) is 0 Å². The van der Waals surface area contributed by atoms with Gasteiger partial charge in [-0.1, -0.05) is 0 Å². The number of nitrogens with zero attached hydrogens (tertiary/aromatic N) is 2. The van der Waals surface area contributed by atoms with Crippen molar-refractivity contribution in [1.29, 1.82) is 0 Å². The summed E-state index contributed by atoms with van der Waals surface area (Å²) in [6.07, 6.45) is 2.66. The van der Waals surface area contributed by atoms with Gasteiger partial charge >= 0.3 is 0 Å². The standard InChI is InChI=1S/C9H13N3O2.ClH/c1-7-4-12(3-2-10-7)9(13)8-5-14-6-11-8;/h5-7,10H,2-4H2,1H3;1H/t7-;/m1./s1. The van der Waals surface area contributed by atoms with Crippen molar-refractivity contribution in [1.82, 2.24) is 15.2 Å². The third kappa shape index (κ3) is 2.70. The van der Waals surface area contributed by atoms with E-state index in [4.69, 9.17) is 4.42 Å². The number of rotatable bonds is 1. The zero-order valence-electron chi connectivity index (χ0n) is 8.47. The minimum Gasteiger partial charge on any atom is -0.451 e. The Morgan fingerprint density at radius 1 is 1.73 bits per heavy atom. The van der Waals surface area contributed by atoms with Gasteiger partial charge in [0, 0.05) is 25.7 Å². The van der Waals surface area contributed by atoms with Crippen LogP contribution in [0.5, 0.6) is 0 Å². The number of carbonyl (C=O) groups excluding carboxylic acids is 1. The molecule has 1 amide bonds. The first-order valence-corrected chi connectivity index (χ1v) is 4.68. The fourth-order valence-corrected chi connectivity index (χ4v) is 1.60. The van der Waals surface area contributed by atoms with Crippen LogP contribution in [0.1, 0.15) is 17.4 Å². The maximum atomic E-state index is 11.8. The van der Waals surface area contributed by atoms with Gasteiger partial charge in [0.15, 0.2) is 12.1 Å². The minimum absolute atomic E-state index is 0. The molecule has 6 heteroatoms. The summed E-state index contributed by atoms with van der Waals surface area (Å²) >= 11 is 0. The second kappa shape index (κ2) is 5.14. The second-order valence-corrected chi connectivity index (χ2v) is 3.48. The average molecular weight is 232 g/mol. The Balaban J connectivity index is 0.00000112. The third-order valence-corrected chi connectivity index (χ3v) is 2.31. The molecule has 1 N–H and O–H groups in total. The second-order valence-electron chi connectivity index (χ2n) is 3.48. The predicted molar refractivity (Wildman–Crippen MR) is 57.1 cm³/mol. The van der Waals surface area contributed by atoms with Crippen molar-refractivity contribution in [2.24, 2.45) is 0 Å². The maximum Gasteiger partial charge on any atom is 0.275 e. The summed E-state index contributed by atoms with van der Waals surface area (Å²) in [5.74, 6) is -0.0490. The molecule has 0 aliphatic carbocycles. The van der Waals surface area contributed by atoms with Crippen LogP contribution in [0.15, 0.2) is 17.1 Å². The highest BCUT2D eigenvalue weighted by atomic mass is 35.5. The van der Waals surface area contributed by atoms with Crippen molar-refractivity contribution < 1.29 is 9.21 Å². The Hall–Kier alpha value is -1.07. The van der Waals surface area contributed by atoms with Gasteiger partial charge in [-0.3, -0.25) is 4.79 Å². The van der Waals surface area contributed by atoms with E-state index in [0.717, 1.165) is 19.6 Å². The molecule has 1 aromatic rings. The third-order valence-electron chi connectivity index (χ3n) is 2.31. The predicted octanol–water partition coefficient (Wildman–Crippen LogP) is 0.530. The molecule has 0 bridgehead atoms. The van der Waals surface area contributed by atoms with E-state index < -0.39 is 0 Å². The van der Waals surface area contributed by atoms with Gasteiger partial charge in [-0.05, 0) is 6.92 Å². The molecule has 2 rings (SSSR count). The summed E-state index contributed by atoms with van der Waals surface area (Å²) in [6, 6.07) is 0.347. The first-order chi connectivity index (χ1) is 6.77. The molecule has 0 spiro atoms. The number of nitrogens with one attached hydrogen (secondary N) is 1. The lowest BCUT2D eigenvalue weighted by Gasteiger charge is -2.31. The van der Waals surface area contributed by atoms with Gasteiger partial charge in [0.1, 0.15) is 6.26 Å². The lowest BCUT2D eigenvalue weighted by atomic mass is 10.2. The fourth-order valence-electron chi connectivity index (χ4n) is 1.60. The Kier molecular flexibility index (Phi) is 4.11. The van der Waals surface area contributed by atoms with Crippen LogP contribution in [0.25, 0.3) is 0 Å². The summed E-state index contributed by atoms with van der Waals surface area (Å²) in [7, 11) is 0. The molecule has 2 heterocycles. The lowest BCUT2D eigenvalue weighted by Crippen LogP contribution is -2.51. The van der Waals surface area contributed by atoms with E-state index in [2.05, 4.69) is 17.2 Å². The molecule has 1 aliphatic rings. The lowest BCUT2D eigenvalue weighted by molar-refractivity contribution is 0.0703. The monoisotopic (exact) mass is 231 g/mol. The van der Waals surface area contributed by atoms with Gasteiger partial charge in [-0.15, -0.1) is 12.4 Å². The smallest absolute Gasteiger partial charge is 0.275 e.